The minimum absolute atomic E-state index is 0.0198. The fourth-order valence-electron chi connectivity index (χ4n) is 10.6. The highest BCUT2D eigenvalue weighted by molar-refractivity contribution is 5.95. The zero-order valence-electron chi connectivity index (χ0n) is 23.2. The molecule has 5 aliphatic rings. The number of hydrogen-bond acceptors (Lipinski definition) is 3. The minimum atomic E-state index is -0.928. The van der Waals surface area contributed by atoms with Crippen LogP contribution in [0.5, 0.6) is 0 Å². The fraction of sp³-hybridized carbons (Fsp3) is 0.871. The highest BCUT2D eigenvalue weighted by Gasteiger charge is 2.70. The Morgan fingerprint density at radius 3 is 2.37 bits per heavy atom. The van der Waals surface area contributed by atoms with E-state index in [1.54, 1.807) is 0 Å². The molecule has 10 atom stereocenters. The number of allylic oxidation sites excluding steroid dienone is 1. The number of fused-ring (bicyclic) bond motifs is 7. The third-order valence-corrected chi connectivity index (χ3v) is 12.9. The molecule has 0 heterocycles. The van der Waals surface area contributed by atoms with E-state index in [2.05, 4.69) is 34.6 Å². The highest BCUT2D eigenvalue weighted by Crippen LogP contribution is 2.74. The number of carbonyl (C=O) groups excluding carboxylic acids is 1. The van der Waals surface area contributed by atoms with Crippen molar-refractivity contribution >= 4 is 11.8 Å². The van der Waals surface area contributed by atoms with Crippen LogP contribution < -0.4 is 0 Å². The first-order chi connectivity index (χ1) is 16.3. The van der Waals surface area contributed by atoms with Crippen LogP contribution in [0.15, 0.2) is 11.6 Å². The Labute approximate surface area is 212 Å². The molecule has 0 amide bonds. The number of aliphatic carboxylic acids is 1. The van der Waals surface area contributed by atoms with Crippen molar-refractivity contribution in [3.63, 3.8) is 0 Å². The second-order valence-electron chi connectivity index (χ2n) is 14.4. The average Bonchev–Trinajstić information content (AvgIpc) is 2.77. The van der Waals surface area contributed by atoms with Crippen LogP contribution in [0.25, 0.3) is 0 Å². The van der Waals surface area contributed by atoms with Crippen LogP contribution in [0.2, 0.25) is 0 Å². The molecule has 4 fully saturated rings. The lowest BCUT2D eigenvalue weighted by Crippen LogP contribution is -2.66. The molecule has 0 aromatic rings. The molecule has 4 heteroatoms. The summed E-state index contributed by atoms with van der Waals surface area (Å²) in [5.74, 6) is 0.926. The Morgan fingerprint density at radius 1 is 1.03 bits per heavy atom. The summed E-state index contributed by atoms with van der Waals surface area (Å²) in [5, 5.41) is 10.3. The molecule has 4 nitrogen and oxygen atoms in total. The van der Waals surface area contributed by atoms with Gasteiger partial charge >= 0.3 is 5.97 Å². The van der Waals surface area contributed by atoms with E-state index in [1.165, 1.54) is 24.8 Å². The van der Waals surface area contributed by atoms with Gasteiger partial charge in [-0.15, -0.1) is 0 Å². The second-order valence-corrected chi connectivity index (χ2v) is 14.4. The maximum atomic E-state index is 14.3. The molecule has 196 valence electrons. The lowest BCUT2D eigenvalue weighted by atomic mass is 9.34. The number of hydrogen-bond donors (Lipinski definition) is 1. The molecule has 0 aliphatic heterocycles. The molecule has 0 spiro atoms. The van der Waals surface area contributed by atoms with Crippen molar-refractivity contribution in [2.45, 2.75) is 112 Å². The van der Waals surface area contributed by atoms with Crippen molar-refractivity contribution in [3.05, 3.63) is 11.6 Å². The molecular weight excluding hydrogens is 436 g/mol. The molecule has 1 N–H and O–H groups in total. The van der Waals surface area contributed by atoms with Gasteiger partial charge < -0.3 is 9.84 Å². The van der Waals surface area contributed by atoms with E-state index in [-0.39, 0.29) is 33.5 Å². The molecule has 0 aromatic carbocycles. The van der Waals surface area contributed by atoms with Gasteiger partial charge in [0.25, 0.3) is 0 Å². The Hall–Kier alpha value is -1.16. The van der Waals surface area contributed by atoms with E-state index in [0.717, 1.165) is 32.1 Å². The SMILES string of the molecule is CCOC1C2C3=CC(=O)C4C5(C)CCCC(C)C5CCC4(C)C3(C)CCC2(C)CCC1(C)C(=O)O. The number of carboxylic acids is 1. The number of carbonyl (C=O) groups is 2. The summed E-state index contributed by atoms with van der Waals surface area (Å²) >= 11 is 0. The first-order valence-corrected chi connectivity index (χ1v) is 14.4. The standard InChI is InChI=1S/C31H48O4/c1-8-35-25-23-21-18-22(32)24-28(4)12-9-10-19(2)20(28)11-13-31(24,7)30(21,6)17-15-27(23,3)14-16-29(25,5)26(33)34/h18-20,23-25H,8-17H2,1-7H3,(H,33,34). The quantitative estimate of drug-likeness (QED) is 0.465. The van der Waals surface area contributed by atoms with Gasteiger partial charge in [-0.1, -0.05) is 53.0 Å². The number of ketones is 1. The van der Waals surface area contributed by atoms with E-state index in [9.17, 15) is 14.7 Å². The molecular formula is C31H48O4. The first-order valence-electron chi connectivity index (χ1n) is 14.4. The zero-order valence-corrected chi connectivity index (χ0v) is 23.2. The summed E-state index contributed by atoms with van der Waals surface area (Å²) in [6.45, 7) is 16.4. The fourth-order valence-corrected chi connectivity index (χ4v) is 10.6. The van der Waals surface area contributed by atoms with Crippen LogP contribution in [0, 0.1) is 50.7 Å². The topological polar surface area (TPSA) is 63.6 Å². The molecule has 35 heavy (non-hydrogen) atoms. The second kappa shape index (κ2) is 7.92. The van der Waals surface area contributed by atoms with Crippen LogP contribution in [0.3, 0.4) is 0 Å². The van der Waals surface area contributed by atoms with Crippen LogP contribution in [-0.2, 0) is 14.3 Å². The molecule has 5 aliphatic carbocycles. The number of ether oxygens (including phenoxy) is 1. The van der Waals surface area contributed by atoms with Crippen molar-refractivity contribution in [2.24, 2.45) is 50.7 Å². The van der Waals surface area contributed by atoms with E-state index in [0.29, 0.717) is 30.6 Å². The number of carboxylic acid groups (broad SMARTS) is 1. The van der Waals surface area contributed by atoms with Crippen molar-refractivity contribution in [3.8, 4) is 0 Å². The van der Waals surface area contributed by atoms with Gasteiger partial charge in [0.2, 0.25) is 0 Å². The molecule has 5 rings (SSSR count). The van der Waals surface area contributed by atoms with Gasteiger partial charge in [-0.25, -0.2) is 0 Å². The van der Waals surface area contributed by atoms with E-state index in [4.69, 9.17) is 4.74 Å². The first kappa shape index (κ1) is 25.5. The Balaban J connectivity index is 1.67. The molecule has 0 saturated heterocycles. The summed E-state index contributed by atoms with van der Waals surface area (Å²) in [4.78, 5) is 26.9. The van der Waals surface area contributed by atoms with E-state index < -0.39 is 17.5 Å². The van der Waals surface area contributed by atoms with Gasteiger partial charge in [-0.3, -0.25) is 9.59 Å². The predicted octanol–water partition coefficient (Wildman–Crippen LogP) is 7.07. The summed E-state index contributed by atoms with van der Waals surface area (Å²) in [7, 11) is 0. The average molecular weight is 485 g/mol. The van der Waals surface area contributed by atoms with Gasteiger partial charge in [0.1, 0.15) is 0 Å². The summed E-state index contributed by atoms with van der Waals surface area (Å²) in [6, 6.07) is 0. The maximum Gasteiger partial charge on any atom is 0.312 e. The Morgan fingerprint density at radius 2 is 1.71 bits per heavy atom. The van der Waals surface area contributed by atoms with Crippen LogP contribution in [-0.4, -0.2) is 29.6 Å². The molecule has 10 unspecified atom stereocenters. The summed E-state index contributed by atoms with van der Waals surface area (Å²) in [6.07, 6.45) is 11.3. The van der Waals surface area contributed by atoms with Crippen molar-refractivity contribution < 1.29 is 19.4 Å². The predicted molar refractivity (Wildman–Crippen MR) is 138 cm³/mol. The maximum absolute atomic E-state index is 14.3. The molecule has 0 radical (unpaired) electrons. The highest BCUT2D eigenvalue weighted by atomic mass is 16.5. The summed E-state index contributed by atoms with van der Waals surface area (Å²) in [5.41, 5.74) is 0.149. The van der Waals surface area contributed by atoms with Crippen molar-refractivity contribution in [1.82, 2.24) is 0 Å². The Kier molecular flexibility index (Phi) is 5.77. The van der Waals surface area contributed by atoms with Crippen molar-refractivity contribution in [2.75, 3.05) is 6.61 Å². The van der Waals surface area contributed by atoms with Crippen LogP contribution in [0.4, 0.5) is 0 Å². The monoisotopic (exact) mass is 484 g/mol. The van der Waals surface area contributed by atoms with Gasteiger partial charge in [-0.2, -0.15) is 0 Å². The lowest BCUT2D eigenvalue weighted by Gasteiger charge is -2.69. The molecule has 4 saturated carbocycles. The van der Waals surface area contributed by atoms with Gasteiger partial charge in [-0.05, 0) is 98.4 Å². The zero-order chi connectivity index (χ0) is 25.6. The minimum Gasteiger partial charge on any atom is -0.481 e. The third kappa shape index (κ3) is 3.13. The van der Waals surface area contributed by atoms with E-state index in [1.807, 2.05) is 19.9 Å². The van der Waals surface area contributed by atoms with Gasteiger partial charge in [0, 0.05) is 18.4 Å². The Bertz CT molecular complexity index is 954. The van der Waals surface area contributed by atoms with Gasteiger partial charge in [0.05, 0.1) is 11.5 Å². The lowest BCUT2D eigenvalue weighted by molar-refractivity contribution is -0.196. The molecule has 0 aromatic heterocycles. The number of rotatable bonds is 3. The normalized spacial score (nSPS) is 53.5. The largest absolute Gasteiger partial charge is 0.481 e. The van der Waals surface area contributed by atoms with Crippen LogP contribution in [0.1, 0.15) is 106 Å². The van der Waals surface area contributed by atoms with E-state index >= 15 is 0 Å². The molecule has 0 bridgehead atoms. The summed E-state index contributed by atoms with van der Waals surface area (Å²) < 4.78 is 6.38. The third-order valence-electron chi connectivity index (χ3n) is 12.9. The van der Waals surface area contributed by atoms with Crippen molar-refractivity contribution in [1.29, 1.82) is 0 Å². The smallest absolute Gasteiger partial charge is 0.312 e. The van der Waals surface area contributed by atoms with Gasteiger partial charge in [0.15, 0.2) is 5.78 Å². The van der Waals surface area contributed by atoms with Crippen LogP contribution >= 0.6 is 0 Å².